The number of fused-ring (bicyclic) bond motifs is 1. The van der Waals surface area contributed by atoms with Gasteiger partial charge >= 0.3 is 0 Å². The summed E-state index contributed by atoms with van der Waals surface area (Å²) in [6, 6.07) is 19.7. The Morgan fingerprint density at radius 3 is 2.78 bits per heavy atom. The fourth-order valence-electron chi connectivity index (χ4n) is 2.53. The fourth-order valence-corrected chi connectivity index (χ4v) is 3.62. The van der Waals surface area contributed by atoms with Crippen LogP contribution in [0.1, 0.15) is 11.3 Å². The maximum atomic E-state index is 5.81. The first kappa shape index (κ1) is 17.4. The third-order valence-electron chi connectivity index (χ3n) is 3.88. The highest BCUT2D eigenvalue weighted by molar-refractivity contribution is 7.80. The number of benzene rings is 2. The van der Waals surface area contributed by atoms with Crippen LogP contribution >= 0.6 is 23.6 Å². The van der Waals surface area contributed by atoms with E-state index in [9.17, 15) is 0 Å². The van der Waals surface area contributed by atoms with E-state index in [4.69, 9.17) is 16.6 Å². The third-order valence-corrected chi connectivity index (χ3v) is 5.13. The Hall–Kier alpha value is -3.03. The Labute approximate surface area is 165 Å². The maximum Gasteiger partial charge on any atom is 0.191 e. The number of thiocarbonyl (C=S) groups is 1. The van der Waals surface area contributed by atoms with Crippen molar-refractivity contribution in [3.8, 4) is 10.8 Å². The number of hydrazone groups is 1. The number of nitrogens with one attached hydrogen (secondary N) is 2. The molecule has 0 aliphatic heterocycles. The average Bonchev–Trinajstić information content (AvgIpc) is 3.30. The van der Waals surface area contributed by atoms with Gasteiger partial charge in [0.05, 0.1) is 16.4 Å². The summed E-state index contributed by atoms with van der Waals surface area (Å²) in [6.45, 7) is 2.01. The van der Waals surface area contributed by atoms with Crippen LogP contribution in [0.3, 0.4) is 0 Å². The number of hydrogen-bond acceptors (Lipinski definition) is 5. The van der Waals surface area contributed by atoms with Crippen molar-refractivity contribution in [1.29, 1.82) is 0 Å². The molecular weight excluding hydrogens is 376 g/mol. The van der Waals surface area contributed by atoms with E-state index >= 15 is 0 Å². The molecule has 0 bridgehead atoms. The minimum atomic E-state index is 0.415. The smallest absolute Gasteiger partial charge is 0.191 e. The van der Waals surface area contributed by atoms with Crippen molar-refractivity contribution >= 4 is 50.8 Å². The van der Waals surface area contributed by atoms with Gasteiger partial charge in [-0.1, -0.05) is 30.3 Å². The van der Waals surface area contributed by atoms with Gasteiger partial charge in [0.2, 0.25) is 0 Å². The standard InChI is InChI=1S/C20H16N4OS2/c1-13-6-2-3-7-15(13)23-20(26)24-21-12-14-10-11-17(25-14)19-22-16-8-4-5-9-18(16)27-19/h2-12H,1H3,(H2,23,24,26)/b21-12+. The van der Waals surface area contributed by atoms with Gasteiger partial charge in [0.15, 0.2) is 15.9 Å². The highest BCUT2D eigenvalue weighted by Crippen LogP contribution is 2.30. The second kappa shape index (κ2) is 7.69. The van der Waals surface area contributed by atoms with Gasteiger partial charge in [0, 0.05) is 5.69 Å². The van der Waals surface area contributed by atoms with Gasteiger partial charge in [0.1, 0.15) is 5.76 Å². The number of nitrogens with zero attached hydrogens (tertiary/aromatic N) is 2. The number of furan rings is 1. The van der Waals surface area contributed by atoms with E-state index in [-0.39, 0.29) is 0 Å². The molecule has 2 aromatic carbocycles. The SMILES string of the molecule is Cc1ccccc1NC(=S)N/N=C/c1ccc(-c2nc3ccccc3s2)o1. The molecule has 0 spiro atoms. The summed E-state index contributed by atoms with van der Waals surface area (Å²) in [5.74, 6) is 1.34. The Bertz CT molecular complexity index is 1100. The minimum absolute atomic E-state index is 0.415. The number of thiazole rings is 1. The van der Waals surface area contributed by atoms with Crippen LogP contribution in [0.5, 0.6) is 0 Å². The van der Waals surface area contributed by atoms with Gasteiger partial charge in [0.25, 0.3) is 0 Å². The molecule has 0 atom stereocenters. The predicted octanol–water partition coefficient (Wildman–Crippen LogP) is 5.19. The Morgan fingerprint density at radius 1 is 1.11 bits per heavy atom. The van der Waals surface area contributed by atoms with Gasteiger partial charge in [-0.05, 0) is 55.0 Å². The summed E-state index contributed by atoms with van der Waals surface area (Å²) in [7, 11) is 0. The molecule has 2 aromatic heterocycles. The normalized spacial score (nSPS) is 11.1. The van der Waals surface area contributed by atoms with Crippen LogP contribution in [0.25, 0.3) is 21.0 Å². The second-order valence-electron chi connectivity index (χ2n) is 5.83. The highest BCUT2D eigenvalue weighted by atomic mass is 32.1. The first-order valence-electron chi connectivity index (χ1n) is 8.30. The molecule has 2 heterocycles. The van der Waals surface area contributed by atoms with E-state index in [2.05, 4.69) is 20.8 Å². The first-order valence-corrected chi connectivity index (χ1v) is 9.53. The molecule has 4 rings (SSSR count). The minimum Gasteiger partial charge on any atom is -0.453 e. The lowest BCUT2D eigenvalue weighted by atomic mass is 10.2. The number of hydrogen-bond donors (Lipinski definition) is 2. The van der Waals surface area contributed by atoms with Crippen molar-refractivity contribution < 1.29 is 4.42 Å². The Morgan fingerprint density at radius 2 is 1.93 bits per heavy atom. The van der Waals surface area contributed by atoms with E-state index < -0.39 is 0 Å². The van der Waals surface area contributed by atoms with Crippen molar-refractivity contribution in [1.82, 2.24) is 10.4 Å². The molecule has 0 unspecified atom stereocenters. The van der Waals surface area contributed by atoms with Gasteiger partial charge in [-0.3, -0.25) is 5.43 Å². The molecule has 0 saturated carbocycles. The van der Waals surface area contributed by atoms with Gasteiger partial charge in [-0.25, -0.2) is 4.98 Å². The predicted molar refractivity (Wildman–Crippen MR) is 115 cm³/mol. The zero-order valence-electron chi connectivity index (χ0n) is 14.5. The zero-order chi connectivity index (χ0) is 18.6. The lowest BCUT2D eigenvalue weighted by molar-refractivity contribution is 0.574. The number of anilines is 1. The van der Waals surface area contributed by atoms with Crippen LogP contribution in [0.4, 0.5) is 5.69 Å². The molecular formula is C20H16N4OS2. The molecule has 0 aliphatic carbocycles. The van der Waals surface area contributed by atoms with E-state index in [0.717, 1.165) is 32.2 Å². The van der Waals surface area contributed by atoms with Crippen LogP contribution in [0.2, 0.25) is 0 Å². The van der Waals surface area contributed by atoms with E-state index in [1.807, 2.05) is 67.6 Å². The van der Waals surface area contributed by atoms with Gasteiger partial charge in [-0.15, -0.1) is 11.3 Å². The van der Waals surface area contributed by atoms with Crippen molar-refractivity contribution in [3.63, 3.8) is 0 Å². The number of rotatable bonds is 4. The van der Waals surface area contributed by atoms with E-state index in [0.29, 0.717) is 10.9 Å². The fraction of sp³-hybridized carbons (Fsp3) is 0.0500. The quantitative estimate of drug-likeness (QED) is 0.284. The maximum absolute atomic E-state index is 5.81. The number of para-hydroxylation sites is 2. The van der Waals surface area contributed by atoms with Crippen LogP contribution in [-0.2, 0) is 0 Å². The summed E-state index contributed by atoms with van der Waals surface area (Å²) in [6.07, 6.45) is 1.59. The molecule has 0 aliphatic rings. The number of aromatic nitrogens is 1. The van der Waals surface area contributed by atoms with Gasteiger partial charge in [-0.2, -0.15) is 5.10 Å². The lowest BCUT2D eigenvalue weighted by Crippen LogP contribution is -2.24. The second-order valence-corrected chi connectivity index (χ2v) is 7.27. The Balaban J connectivity index is 1.40. The van der Waals surface area contributed by atoms with Crippen molar-refractivity contribution in [2.24, 2.45) is 5.10 Å². The van der Waals surface area contributed by atoms with E-state index in [1.165, 1.54) is 0 Å². The van der Waals surface area contributed by atoms with E-state index in [1.54, 1.807) is 17.6 Å². The van der Waals surface area contributed by atoms with Crippen LogP contribution in [0.15, 0.2) is 70.2 Å². The lowest BCUT2D eigenvalue weighted by Gasteiger charge is -2.08. The largest absolute Gasteiger partial charge is 0.453 e. The van der Waals surface area contributed by atoms with Crippen LogP contribution < -0.4 is 10.7 Å². The van der Waals surface area contributed by atoms with Crippen LogP contribution in [0, 0.1) is 6.92 Å². The first-order chi connectivity index (χ1) is 13.2. The molecule has 5 nitrogen and oxygen atoms in total. The molecule has 0 amide bonds. The summed E-state index contributed by atoms with van der Waals surface area (Å²) >= 11 is 6.85. The zero-order valence-corrected chi connectivity index (χ0v) is 16.1. The summed E-state index contributed by atoms with van der Waals surface area (Å²) < 4.78 is 6.95. The van der Waals surface area contributed by atoms with Crippen molar-refractivity contribution in [2.75, 3.05) is 5.32 Å². The Kier molecular flexibility index (Phi) is 4.95. The van der Waals surface area contributed by atoms with Crippen LogP contribution in [-0.4, -0.2) is 16.3 Å². The average molecular weight is 393 g/mol. The molecule has 0 radical (unpaired) electrons. The monoisotopic (exact) mass is 392 g/mol. The highest BCUT2D eigenvalue weighted by Gasteiger charge is 2.09. The summed E-state index contributed by atoms with van der Waals surface area (Å²) in [5, 5.41) is 8.50. The molecule has 2 N–H and O–H groups in total. The molecule has 4 aromatic rings. The molecule has 27 heavy (non-hydrogen) atoms. The van der Waals surface area contributed by atoms with Crippen molar-refractivity contribution in [3.05, 3.63) is 72.0 Å². The summed E-state index contributed by atoms with van der Waals surface area (Å²) in [5.41, 5.74) is 5.82. The molecule has 0 fully saturated rings. The third kappa shape index (κ3) is 4.05. The van der Waals surface area contributed by atoms with Gasteiger partial charge < -0.3 is 9.73 Å². The number of aryl methyl sites for hydroxylation is 1. The topological polar surface area (TPSA) is 62.5 Å². The summed E-state index contributed by atoms with van der Waals surface area (Å²) in [4.78, 5) is 4.59. The van der Waals surface area contributed by atoms with Crippen molar-refractivity contribution in [2.45, 2.75) is 6.92 Å². The molecule has 0 saturated heterocycles. The molecule has 7 heteroatoms. The molecule has 134 valence electrons.